The number of halogens is 1. The number of nitrogens with zero attached hydrogens (tertiary/aromatic N) is 2. The Morgan fingerprint density at radius 2 is 1.78 bits per heavy atom. The van der Waals surface area contributed by atoms with E-state index < -0.39 is 50.8 Å². The van der Waals surface area contributed by atoms with Crippen molar-refractivity contribution in [2.45, 2.75) is 24.4 Å². The van der Waals surface area contributed by atoms with Gasteiger partial charge in [0.05, 0.1) is 27.8 Å². The van der Waals surface area contributed by atoms with E-state index in [0.717, 1.165) is 16.9 Å². The number of hydrogen-bond acceptors (Lipinski definition) is 6. The zero-order valence-corrected chi connectivity index (χ0v) is 16.8. The lowest BCUT2D eigenvalue weighted by Gasteiger charge is -2.49. The second-order valence-electron chi connectivity index (χ2n) is 6.13. The normalized spacial score (nSPS) is 23.6. The summed E-state index contributed by atoms with van der Waals surface area (Å²) in [4.78, 5) is 52.1. The maximum absolute atomic E-state index is 12.8. The van der Waals surface area contributed by atoms with Gasteiger partial charge in [0.25, 0.3) is 17.7 Å². The van der Waals surface area contributed by atoms with Gasteiger partial charge in [-0.05, 0) is 24.6 Å². The van der Waals surface area contributed by atoms with Crippen LogP contribution in [0, 0.1) is 0 Å². The molecule has 0 spiro atoms. The van der Waals surface area contributed by atoms with Crippen LogP contribution in [0.1, 0.15) is 27.6 Å². The molecule has 1 fully saturated rings. The highest BCUT2D eigenvalue weighted by Crippen LogP contribution is 2.39. The van der Waals surface area contributed by atoms with Gasteiger partial charge in [0, 0.05) is 0 Å². The van der Waals surface area contributed by atoms with Crippen LogP contribution < -0.4 is 0 Å². The van der Waals surface area contributed by atoms with Crippen molar-refractivity contribution in [1.82, 2.24) is 9.80 Å². The van der Waals surface area contributed by atoms with Crippen molar-refractivity contribution < 1.29 is 28.5 Å². The molecule has 27 heavy (non-hydrogen) atoms. The van der Waals surface area contributed by atoms with Gasteiger partial charge < -0.3 is 9.29 Å². The number of imide groups is 1. The largest absolute Gasteiger partial charge is 0.604 e. The van der Waals surface area contributed by atoms with Crippen LogP contribution in [0.3, 0.4) is 0 Å². The monoisotopic (exact) mass is 454 g/mol. The molecule has 2 aliphatic rings. The van der Waals surface area contributed by atoms with E-state index in [1.54, 1.807) is 12.1 Å². The molecule has 10 heteroatoms. The predicted octanol–water partition coefficient (Wildman–Crippen LogP) is 0.996. The zero-order valence-electron chi connectivity index (χ0n) is 14.4. The Labute approximate surface area is 165 Å². The lowest BCUT2D eigenvalue weighted by Crippen LogP contribution is -2.76. The van der Waals surface area contributed by atoms with Crippen molar-refractivity contribution in [2.24, 2.45) is 0 Å². The van der Waals surface area contributed by atoms with Gasteiger partial charge in [-0.15, -0.1) is 0 Å². The van der Waals surface area contributed by atoms with Gasteiger partial charge in [-0.3, -0.25) is 24.2 Å². The summed E-state index contributed by atoms with van der Waals surface area (Å²) in [6, 6.07) is 3.74. The fourth-order valence-corrected chi connectivity index (χ4v) is 5.30. The van der Waals surface area contributed by atoms with Crippen molar-refractivity contribution >= 4 is 48.1 Å². The van der Waals surface area contributed by atoms with Crippen LogP contribution in [0.25, 0.3) is 0 Å². The van der Waals surface area contributed by atoms with Crippen LogP contribution >= 0.6 is 14.8 Å². The van der Waals surface area contributed by atoms with Crippen LogP contribution in [0.15, 0.2) is 36.4 Å². The predicted molar refractivity (Wildman–Crippen MR) is 99.1 cm³/mol. The summed E-state index contributed by atoms with van der Waals surface area (Å²) in [5.74, 6) is -2.71. The highest BCUT2D eigenvalue weighted by atomic mass is 79.9. The van der Waals surface area contributed by atoms with Gasteiger partial charge in [0.1, 0.15) is 0 Å². The minimum absolute atomic E-state index is 0.178. The number of rotatable bonds is 5. The molecule has 8 nitrogen and oxygen atoms in total. The molecule has 4 unspecified atom stereocenters. The summed E-state index contributed by atoms with van der Waals surface area (Å²) in [6.07, 6.45) is 0. The summed E-state index contributed by atoms with van der Waals surface area (Å²) in [5.41, 5.74) is 0.661. The average Bonchev–Trinajstić information content (AvgIpc) is 2.87. The smallest absolute Gasteiger partial charge is 0.333 e. The van der Waals surface area contributed by atoms with Gasteiger partial charge in [-0.2, -0.15) is 0 Å². The summed E-state index contributed by atoms with van der Waals surface area (Å²) in [6.45, 7) is 5.21. The molecule has 0 radical (unpaired) electrons. The van der Waals surface area contributed by atoms with Crippen molar-refractivity contribution in [2.75, 3.05) is 7.11 Å². The first kappa shape index (κ1) is 19.6. The van der Waals surface area contributed by atoms with Crippen LogP contribution in [-0.2, 0) is 23.9 Å². The summed E-state index contributed by atoms with van der Waals surface area (Å²) < 4.78 is 17.0. The van der Waals surface area contributed by atoms with E-state index in [2.05, 4.69) is 21.4 Å². The van der Waals surface area contributed by atoms with Crippen LogP contribution in [0.5, 0.6) is 0 Å². The second-order valence-corrected chi connectivity index (χ2v) is 9.02. The minimum atomic E-state index is -1.83. The number of amides is 3. The minimum Gasteiger partial charge on any atom is -0.604 e. The molecule has 1 saturated heterocycles. The molecule has 1 aromatic carbocycles. The standard InChI is InChI=1S/C17H15BrN2O6S/c1-8(2)11(17(24)26-3)20-15(23)12(16(20)27(18)25)19-13(21)9-6-4-5-7-10(9)14(19)22/h4-7,11-12,16H,1H2,2-3H3. The molecule has 0 N–H and O–H groups in total. The van der Waals surface area contributed by atoms with Crippen LogP contribution in [-0.4, -0.2) is 62.6 Å². The molecular weight excluding hydrogens is 440 g/mol. The first-order chi connectivity index (χ1) is 12.7. The zero-order chi connectivity index (χ0) is 20.0. The van der Waals surface area contributed by atoms with Crippen molar-refractivity contribution in [1.29, 1.82) is 0 Å². The lowest BCUT2D eigenvalue weighted by molar-refractivity contribution is -0.163. The van der Waals surface area contributed by atoms with Gasteiger partial charge >= 0.3 is 5.97 Å². The van der Waals surface area contributed by atoms with Crippen molar-refractivity contribution in [3.05, 3.63) is 47.5 Å². The highest BCUT2D eigenvalue weighted by Gasteiger charge is 2.64. The third-order valence-electron chi connectivity index (χ3n) is 4.51. The molecular formula is C17H15BrN2O6S. The van der Waals surface area contributed by atoms with E-state index in [1.807, 2.05) is 0 Å². The van der Waals surface area contributed by atoms with Crippen LogP contribution in [0.4, 0.5) is 0 Å². The average molecular weight is 455 g/mol. The van der Waals surface area contributed by atoms with Gasteiger partial charge in [0.2, 0.25) is 20.2 Å². The number of ether oxygens (including phenoxy) is 1. The Hall–Kier alpha value is -2.17. The SMILES string of the molecule is C=C(C)C(C(=O)OC)N1C(=O)C(N2C(=O)c3ccccc3C2=O)C1[S+]([O-])Br. The molecule has 4 atom stereocenters. The Balaban J connectivity index is 1.98. The number of fused-ring (bicyclic) bond motifs is 1. The molecule has 0 bridgehead atoms. The Bertz CT molecular complexity index is 838. The Kier molecular flexibility index (Phi) is 5.15. The molecule has 1 aromatic rings. The first-order valence-corrected chi connectivity index (χ1v) is 10.9. The number of carbonyl (C=O) groups is 4. The third-order valence-corrected chi connectivity index (χ3v) is 6.53. The van der Waals surface area contributed by atoms with Crippen molar-refractivity contribution in [3.8, 4) is 0 Å². The number of hydrogen-bond donors (Lipinski definition) is 0. The van der Waals surface area contributed by atoms with Gasteiger partial charge in [-0.1, -0.05) is 18.7 Å². The molecule has 3 amide bonds. The fourth-order valence-electron chi connectivity index (χ4n) is 3.30. The summed E-state index contributed by atoms with van der Waals surface area (Å²) >= 11 is 2.92. The number of esters is 1. The topological polar surface area (TPSA) is 107 Å². The molecule has 2 heterocycles. The van der Waals surface area contributed by atoms with E-state index in [4.69, 9.17) is 4.74 Å². The maximum Gasteiger partial charge on any atom is 0.333 e. The van der Waals surface area contributed by atoms with E-state index in [9.17, 15) is 23.7 Å². The van der Waals surface area contributed by atoms with E-state index in [-0.39, 0.29) is 11.1 Å². The fraction of sp³-hybridized carbons (Fsp3) is 0.294. The third kappa shape index (κ3) is 2.88. The van der Waals surface area contributed by atoms with Gasteiger partial charge in [0.15, 0.2) is 12.1 Å². The molecule has 0 aromatic heterocycles. The number of β-lactam (4-membered cyclic amide) rings is 1. The van der Waals surface area contributed by atoms with Crippen molar-refractivity contribution in [3.63, 3.8) is 0 Å². The van der Waals surface area contributed by atoms with Gasteiger partial charge in [-0.25, -0.2) is 4.79 Å². The number of methoxy groups -OCH3 is 1. The quantitative estimate of drug-likeness (QED) is 0.216. The number of carbonyl (C=O) groups excluding carboxylic acids is 4. The molecule has 0 saturated carbocycles. The van der Waals surface area contributed by atoms with E-state index >= 15 is 0 Å². The molecule has 0 aliphatic carbocycles. The first-order valence-electron chi connectivity index (χ1n) is 7.81. The molecule has 2 aliphatic heterocycles. The Morgan fingerprint density at radius 3 is 2.19 bits per heavy atom. The van der Waals surface area contributed by atoms with E-state index in [0.29, 0.717) is 5.57 Å². The molecule has 3 rings (SSSR count). The Morgan fingerprint density at radius 1 is 1.26 bits per heavy atom. The number of benzene rings is 1. The lowest BCUT2D eigenvalue weighted by atomic mass is 9.98. The maximum atomic E-state index is 12.8. The van der Waals surface area contributed by atoms with E-state index in [1.165, 1.54) is 19.1 Å². The number of likely N-dealkylation sites (tertiary alicyclic amines) is 1. The van der Waals surface area contributed by atoms with Crippen LogP contribution in [0.2, 0.25) is 0 Å². The molecule has 142 valence electrons. The summed E-state index contributed by atoms with van der Waals surface area (Å²) in [5, 5.41) is -1.11. The highest BCUT2D eigenvalue weighted by molar-refractivity contribution is 9.47. The summed E-state index contributed by atoms with van der Waals surface area (Å²) in [7, 11) is -0.672. The second kappa shape index (κ2) is 7.10.